The fourth-order valence-corrected chi connectivity index (χ4v) is 5.14. The molecule has 2 aromatic rings. The van der Waals surface area contributed by atoms with Gasteiger partial charge in [-0.25, -0.2) is 4.99 Å². The van der Waals surface area contributed by atoms with Crippen molar-refractivity contribution in [1.29, 1.82) is 0 Å². The zero-order chi connectivity index (χ0) is 23.3. The van der Waals surface area contributed by atoms with Crippen LogP contribution in [0.4, 0.5) is 5.69 Å². The lowest BCUT2D eigenvalue weighted by molar-refractivity contribution is -0.113. The summed E-state index contributed by atoms with van der Waals surface area (Å²) in [5.41, 5.74) is 2.28. The molecule has 0 saturated carbocycles. The van der Waals surface area contributed by atoms with Gasteiger partial charge in [0.15, 0.2) is 5.66 Å². The topological polar surface area (TPSA) is 66.3 Å². The molecule has 2 aliphatic rings. The van der Waals surface area contributed by atoms with Crippen molar-refractivity contribution in [3.63, 3.8) is 0 Å². The highest BCUT2D eigenvalue weighted by Gasteiger charge is 2.39. The molecule has 2 heterocycles. The first-order valence-corrected chi connectivity index (χ1v) is 13.1. The molecule has 0 bridgehead atoms. The quantitative estimate of drug-likeness (QED) is 0.534. The lowest BCUT2D eigenvalue weighted by atomic mass is 9.98. The number of piperidine rings is 1. The number of likely N-dealkylation sites (tertiary alicyclic amines) is 1. The number of rotatable bonds is 7. The van der Waals surface area contributed by atoms with Crippen LogP contribution in [0.25, 0.3) is 0 Å². The van der Waals surface area contributed by atoms with Crippen molar-refractivity contribution in [2.24, 2.45) is 9.98 Å². The van der Waals surface area contributed by atoms with E-state index in [2.05, 4.69) is 45.2 Å². The van der Waals surface area contributed by atoms with Crippen LogP contribution in [0.3, 0.4) is 0 Å². The number of anilines is 1. The number of ether oxygens (including phenoxy) is 1. The van der Waals surface area contributed by atoms with E-state index in [0.29, 0.717) is 6.61 Å². The minimum absolute atomic E-state index is 0.0660. The van der Waals surface area contributed by atoms with Gasteiger partial charge in [0.2, 0.25) is 5.91 Å². The third-order valence-corrected chi connectivity index (χ3v) is 7.34. The molecule has 1 spiro atoms. The Morgan fingerprint density at radius 3 is 2.42 bits per heavy atom. The number of benzene rings is 2. The van der Waals surface area contributed by atoms with Gasteiger partial charge < -0.3 is 15.0 Å². The predicted octanol–water partition coefficient (Wildman–Crippen LogP) is 5.23. The molecule has 0 atom stereocenters. The molecule has 0 radical (unpaired) electrons. The predicted molar refractivity (Wildman–Crippen MR) is 141 cm³/mol. The second-order valence-corrected chi connectivity index (χ2v) is 9.97. The fourth-order valence-electron chi connectivity index (χ4n) is 4.00. The maximum atomic E-state index is 12.6. The number of aliphatic imine (C=N–C) groups is 2. The van der Waals surface area contributed by atoms with E-state index in [9.17, 15) is 4.79 Å². The first-order chi connectivity index (χ1) is 16.0. The number of halogens is 1. The first kappa shape index (κ1) is 24.0. The number of amides is 1. The van der Waals surface area contributed by atoms with Crippen LogP contribution in [0, 0.1) is 0 Å². The highest BCUT2D eigenvalue weighted by molar-refractivity contribution is 9.10. The van der Waals surface area contributed by atoms with Gasteiger partial charge in [-0.05, 0) is 49.9 Å². The van der Waals surface area contributed by atoms with E-state index in [1.54, 1.807) is 0 Å². The van der Waals surface area contributed by atoms with Crippen LogP contribution in [0.1, 0.15) is 32.3 Å². The van der Waals surface area contributed by atoms with Gasteiger partial charge in [0.1, 0.15) is 10.8 Å². The van der Waals surface area contributed by atoms with E-state index in [4.69, 9.17) is 14.7 Å². The fraction of sp³-hybridized carbons (Fsp3) is 0.400. The average Bonchev–Trinajstić information content (AvgIpc) is 3.18. The molecule has 0 unspecified atom stereocenters. The molecule has 8 heteroatoms. The van der Waals surface area contributed by atoms with Gasteiger partial charge in [0.05, 0.1) is 18.1 Å². The lowest BCUT2D eigenvalue weighted by Gasteiger charge is -2.34. The maximum Gasteiger partial charge on any atom is 0.234 e. The molecular weight excluding hydrogens is 500 g/mol. The molecule has 1 amide bonds. The Hall–Kier alpha value is -2.16. The Kier molecular flexibility index (Phi) is 7.88. The normalized spacial score (nSPS) is 17.5. The van der Waals surface area contributed by atoms with Gasteiger partial charge in [-0.2, -0.15) is 0 Å². The molecular formula is C25H29BrN4O2S. The number of carbonyl (C=O) groups is 1. The van der Waals surface area contributed by atoms with E-state index in [1.807, 2.05) is 43.3 Å². The van der Waals surface area contributed by atoms with E-state index >= 15 is 0 Å². The third-order valence-electron chi connectivity index (χ3n) is 5.84. The lowest BCUT2D eigenvalue weighted by Crippen LogP contribution is -2.41. The van der Waals surface area contributed by atoms with Gasteiger partial charge in [-0.1, -0.05) is 46.7 Å². The monoisotopic (exact) mass is 528 g/mol. The molecule has 174 valence electrons. The highest BCUT2D eigenvalue weighted by Crippen LogP contribution is 2.35. The second kappa shape index (κ2) is 10.8. The number of carbonyl (C=O) groups excluding carboxylic acids is 1. The molecule has 6 nitrogen and oxygen atoms in total. The molecule has 0 aromatic heterocycles. The maximum absolute atomic E-state index is 12.6. The molecule has 2 aromatic carbocycles. The van der Waals surface area contributed by atoms with Crippen molar-refractivity contribution in [2.45, 2.75) is 32.4 Å². The minimum Gasteiger partial charge on any atom is -0.494 e. The molecule has 1 saturated heterocycles. The first-order valence-electron chi connectivity index (χ1n) is 11.3. The Bertz CT molecular complexity index is 1030. The molecule has 33 heavy (non-hydrogen) atoms. The second-order valence-electron chi connectivity index (χ2n) is 8.10. The number of nitrogens with one attached hydrogen (secondary N) is 1. The van der Waals surface area contributed by atoms with Gasteiger partial charge >= 0.3 is 0 Å². The molecule has 0 aliphatic carbocycles. The Balaban J connectivity index is 1.45. The summed E-state index contributed by atoms with van der Waals surface area (Å²) in [5, 5.41) is 3.81. The van der Waals surface area contributed by atoms with Crippen molar-refractivity contribution in [3.8, 4) is 5.75 Å². The van der Waals surface area contributed by atoms with Crippen LogP contribution in [0.2, 0.25) is 0 Å². The van der Waals surface area contributed by atoms with E-state index < -0.39 is 5.66 Å². The largest absolute Gasteiger partial charge is 0.494 e. The summed E-state index contributed by atoms with van der Waals surface area (Å²) in [4.78, 5) is 25.3. The number of hydrogen-bond acceptors (Lipinski definition) is 6. The van der Waals surface area contributed by atoms with Crippen LogP contribution in [-0.2, 0) is 4.79 Å². The summed E-state index contributed by atoms with van der Waals surface area (Å²) in [7, 11) is 0. The third kappa shape index (κ3) is 6.05. The van der Waals surface area contributed by atoms with E-state index in [1.165, 1.54) is 11.8 Å². The molecule has 1 fully saturated rings. The van der Waals surface area contributed by atoms with Gasteiger partial charge in [-0.15, -0.1) is 0 Å². The summed E-state index contributed by atoms with van der Waals surface area (Å²) in [5.74, 6) is 1.00. The number of nitrogens with zero attached hydrogens (tertiary/aromatic N) is 3. The van der Waals surface area contributed by atoms with Gasteiger partial charge in [0, 0.05) is 41.7 Å². The average molecular weight is 530 g/mol. The zero-order valence-corrected chi connectivity index (χ0v) is 21.4. The minimum atomic E-state index is -0.401. The number of thioether (sulfide) groups is 1. The van der Waals surface area contributed by atoms with Crippen molar-refractivity contribution in [2.75, 3.05) is 37.3 Å². The highest BCUT2D eigenvalue weighted by atomic mass is 79.9. The Morgan fingerprint density at radius 1 is 1.09 bits per heavy atom. The summed E-state index contributed by atoms with van der Waals surface area (Å²) in [6.07, 6.45) is 1.81. The van der Waals surface area contributed by atoms with Crippen LogP contribution >= 0.6 is 27.7 Å². The summed E-state index contributed by atoms with van der Waals surface area (Å²) in [6, 6.07) is 15.6. The van der Waals surface area contributed by atoms with Crippen molar-refractivity contribution >= 4 is 50.0 Å². The van der Waals surface area contributed by atoms with Crippen molar-refractivity contribution < 1.29 is 9.53 Å². The summed E-state index contributed by atoms with van der Waals surface area (Å²) >= 11 is 4.97. The van der Waals surface area contributed by atoms with Crippen LogP contribution in [-0.4, -0.2) is 59.2 Å². The Labute approximate surface area is 208 Å². The SMILES string of the molecule is CCOc1ccc(NC(=O)CSC2=NC3(CCN(CC)CC3)N=C2c2ccc(Br)cc2)cc1. The number of hydrogen-bond donors (Lipinski definition) is 1. The van der Waals surface area contributed by atoms with Crippen molar-refractivity contribution in [1.82, 2.24) is 4.90 Å². The van der Waals surface area contributed by atoms with Crippen LogP contribution in [0.15, 0.2) is 63.0 Å². The summed E-state index contributed by atoms with van der Waals surface area (Å²) in [6.45, 7) is 7.79. The van der Waals surface area contributed by atoms with Crippen molar-refractivity contribution in [3.05, 3.63) is 58.6 Å². The van der Waals surface area contributed by atoms with E-state index in [-0.39, 0.29) is 11.7 Å². The van der Waals surface area contributed by atoms with E-state index in [0.717, 1.165) is 64.7 Å². The van der Waals surface area contributed by atoms with Crippen LogP contribution in [0.5, 0.6) is 5.75 Å². The Morgan fingerprint density at radius 2 is 1.79 bits per heavy atom. The molecule has 4 rings (SSSR count). The standard InChI is InChI=1S/C25H29BrN4O2S/c1-3-30-15-13-25(14-16-30)28-23(18-5-7-19(26)8-6-18)24(29-25)33-17-22(31)27-20-9-11-21(12-10-20)32-4-2/h5-12H,3-4,13-17H2,1-2H3,(H,27,31). The van der Waals surface area contributed by atoms with Crippen LogP contribution < -0.4 is 10.1 Å². The van der Waals surface area contributed by atoms with Gasteiger partial charge in [-0.3, -0.25) is 9.79 Å². The van der Waals surface area contributed by atoms with Gasteiger partial charge in [0.25, 0.3) is 0 Å². The smallest absolute Gasteiger partial charge is 0.234 e. The summed E-state index contributed by atoms with van der Waals surface area (Å²) < 4.78 is 6.48. The molecule has 1 N–H and O–H groups in total. The molecule has 2 aliphatic heterocycles. The zero-order valence-electron chi connectivity index (χ0n) is 19.0.